The van der Waals surface area contributed by atoms with Crippen LogP contribution in [0.15, 0.2) is 48.5 Å². The third-order valence-electron chi connectivity index (χ3n) is 6.99. The Morgan fingerprint density at radius 1 is 0.938 bits per heavy atom. The number of benzene rings is 2. The molecule has 3 aliphatic rings. The number of esters is 1. The number of ether oxygens (including phenoxy) is 2. The zero-order valence-corrected chi connectivity index (χ0v) is 17.7. The maximum atomic E-state index is 13.0. The number of methoxy groups -OCH3 is 1. The van der Waals surface area contributed by atoms with E-state index in [0.29, 0.717) is 28.8 Å². The first-order valence-corrected chi connectivity index (χ1v) is 10.8. The highest BCUT2D eigenvalue weighted by Crippen LogP contribution is 2.56. The minimum Gasteiger partial charge on any atom is -0.497 e. The molecular formula is C25H23NO6. The average molecular weight is 433 g/mol. The van der Waals surface area contributed by atoms with Crippen molar-refractivity contribution in [3.8, 4) is 5.75 Å². The highest BCUT2D eigenvalue weighted by Gasteiger charge is 2.61. The van der Waals surface area contributed by atoms with Crippen LogP contribution in [0, 0.1) is 23.7 Å². The molecule has 0 spiro atoms. The van der Waals surface area contributed by atoms with E-state index >= 15 is 0 Å². The van der Waals surface area contributed by atoms with Gasteiger partial charge < -0.3 is 9.47 Å². The van der Waals surface area contributed by atoms with Gasteiger partial charge in [0.15, 0.2) is 12.4 Å². The predicted molar refractivity (Wildman–Crippen MR) is 114 cm³/mol. The number of nitrogens with zero attached hydrogens (tertiary/aromatic N) is 1. The first-order chi connectivity index (χ1) is 15.5. The van der Waals surface area contributed by atoms with Gasteiger partial charge in [-0.3, -0.25) is 19.3 Å². The number of hydrogen-bond donors (Lipinski definition) is 0. The normalized spacial score (nSPS) is 25.7. The third kappa shape index (κ3) is 3.28. The summed E-state index contributed by atoms with van der Waals surface area (Å²) in [4.78, 5) is 52.2. The average Bonchev–Trinajstić information content (AvgIpc) is 3.51. The zero-order chi connectivity index (χ0) is 22.4. The molecular weight excluding hydrogens is 410 g/mol. The van der Waals surface area contributed by atoms with Crippen molar-refractivity contribution in [2.45, 2.75) is 19.3 Å². The molecule has 2 aromatic carbocycles. The summed E-state index contributed by atoms with van der Waals surface area (Å²) in [5, 5.41) is 0. The van der Waals surface area contributed by atoms with Gasteiger partial charge in [-0.05, 0) is 61.4 Å². The fraction of sp³-hybridized carbons (Fsp3) is 0.360. The van der Waals surface area contributed by atoms with Crippen LogP contribution in [-0.2, 0) is 14.3 Å². The number of fused-ring (bicyclic) bond motifs is 5. The summed E-state index contributed by atoms with van der Waals surface area (Å²) in [5.74, 6) is -0.701. The van der Waals surface area contributed by atoms with Crippen LogP contribution in [0.1, 0.15) is 40.0 Å². The standard InChI is InChI=1S/C25H23NO6/c1-31-19-7-3-4-14(12-19)20(27)13-32-25(30)17-5-2-6-18(11-17)26-23(28)21-15-8-9-16(10-15)22(21)24(26)29/h2-7,11-12,15-16,21-22H,8-10,13H2,1H3/t15-,16-,21-,22+/m0/s1. The molecule has 2 saturated carbocycles. The minimum absolute atomic E-state index is 0.161. The van der Waals surface area contributed by atoms with Crippen molar-refractivity contribution in [2.75, 3.05) is 18.6 Å². The van der Waals surface area contributed by atoms with Crippen molar-refractivity contribution in [3.05, 3.63) is 59.7 Å². The van der Waals surface area contributed by atoms with Crippen molar-refractivity contribution in [1.82, 2.24) is 0 Å². The second kappa shape index (κ2) is 7.89. The van der Waals surface area contributed by atoms with E-state index in [0.717, 1.165) is 19.3 Å². The number of rotatable bonds is 6. The van der Waals surface area contributed by atoms with Gasteiger partial charge in [-0.1, -0.05) is 18.2 Å². The van der Waals surface area contributed by atoms with Gasteiger partial charge in [0.2, 0.25) is 11.8 Å². The number of carbonyl (C=O) groups excluding carboxylic acids is 4. The van der Waals surface area contributed by atoms with E-state index in [1.807, 2.05) is 0 Å². The smallest absolute Gasteiger partial charge is 0.338 e. The molecule has 2 aliphatic carbocycles. The first kappa shape index (κ1) is 20.4. The fourth-order valence-corrected chi connectivity index (χ4v) is 5.53. The number of ketones is 1. The van der Waals surface area contributed by atoms with Gasteiger partial charge in [-0.2, -0.15) is 0 Å². The number of carbonyl (C=O) groups is 4. The van der Waals surface area contributed by atoms with Gasteiger partial charge >= 0.3 is 5.97 Å². The molecule has 2 aromatic rings. The van der Waals surface area contributed by atoms with E-state index in [4.69, 9.17) is 9.47 Å². The van der Waals surface area contributed by atoms with Gasteiger partial charge in [0, 0.05) is 5.56 Å². The van der Waals surface area contributed by atoms with Crippen molar-refractivity contribution < 1.29 is 28.7 Å². The van der Waals surface area contributed by atoms with Gasteiger partial charge in [-0.25, -0.2) is 4.79 Å². The molecule has 7 heteroatoms. The van der Waals surface area contributed by atoms with E-state index in [9.17, 15) is 19.2 Å². The highest BCUT2D eigenvalue weighted by molar-refractivity contribution is 6.22. The SMILES string of the molecule is COc1cccc(C(=O)COC(=O)c2cccc(N3C(=O)[C@@H]4[C@H]5CC[C@@H](C5)[C@@H]4C3=O)c2)c1. The lowest BCUT2D eigenvalue weighted by Crippen LogP contribution is -2.32. The largest absolute Gasteiger partial charge is 0.497 e. The first-order valence-electron chi connectivity index (χ1n) is 10.8. The van der Waals surface area contributed by atoms with Gasteiger partial charge in [0.25, 0.3) is 0 Å². The monoisotopic (exact) mass is 433 g/mol. The minimum atomic E-state index is -0.692. The number of hydrogen-bond acceptors (Lipinski definition) is 6. The second-order valence-electron chi connectivity index (χ2n) is 8.68. The van der Waals surface area contributed by atoms with Gasteiger partial charge in [-0.15, -0.1) is 0 Å². The highest BCUT2D eigenvalue weighted by atomic mass is 16.5. The molecule has 1 heterocycles. The van der Waals surface area contributed by atoms with Crippen molar-refractivity contribution in [3.63, 3.8) is 0 Å². The van der Waals surface area contributed by atoms with Gasteiger partial charge in [0.1, 0.15) is 5.75 Å². The zero-order valence-electron chi connectivity index (χ0n) is 17.7. The lowest BCUT2D eigenvalue weighted by atomic mass is 9.81. The molecule has 0 aromatic heterocycles. The Bertz CT molecular complexity index is 1100. The molecule has 2 bridgehead atoms. The van der Waals surface area contributed by atoms with Crippen molar-refractivity contribution >= 4 is 29.3 Å². The third-order valence-corrected chi connectivity index (χ3v) is 6.99. The maximum Gasteiger partial charge on any atom is 0.338 e. The van der Waals surface area contributed by atoms with E-state index in [1.54, 1.807) is 36.4 Å². The Morgan fingerprint density at radius 2 is 1.59 bits per heavy atom. The molecule has 7 nitrogen and oxygen atoms in total. The van der Waals surface area contributed by atoms with Crippen LogP contribution in [-0.4, -0.2) is 37.3 Å². The molecule has 1 saturated heterocycles. The van der Waals surface area contributed by atoms with Crippen LogP contribution < -0.4 is 9.64 Å². The summed E-state index contributed by atoms with van der Waals surface area (Å²) in [7, 11) is 1.50. The number of Topliss-reactive ketones (excluding diaryl/α,β-unsaturated/α-hetero) is 1. The van der Waals surface area contributed by atoms with Crippen LogP contribution in [0.5, 0.6) is 5.75 Å². The van der Waals surface area contributed by atoms with Crippen LogP contribution in [0.25, 0.3) is 0 Å². The molecule has 0 radical (unpaired) electrons. The van der Waals surface area contributed by atoms with E-state index in [-0.39, 0.29) is 35.0 Å². The Morgan fingerprint density at radius 3 is 2.28 bits per heavy atom. The second-order valence-corrected chi connectivity index (χ2v) is 8.68. The number of imide groups is 1. The summed E-state index contributed by atoms with van der Waals surface area (Å²) in [6.45, 7) is -0.425. The Balaban J connectivity index is 1.29. The predicted octanol–water partition coefficient (Wildman–Crippen LogP) is 3.27. The number of amides is 2. The van der Waals surface area contributed by atoms with Gasteiger partial charge in [0.05, 0.1) is 30.2 Å². The topological polar surface area (TPSA) is 90.0 Å². The summed E-state index contributed by atoms with van der Waals surface area (Å²) < 4.78 is 10.3. The molecule has 164 valence electrons. The molecule has 1 aliphatic heterocycles. The fourth-order valence-electron chi connectivity index (χ4n) is 5.53. The molecule has 2 amide bonds. The molecule has 5 rings (SSSR count). The van der Waals surface area contributed by atoms with Crippen LogP contribution in [0.4, 0.5) is 5.69 Å². The van der Waals surface area contributed by atoms with Crippen molar-refractivity contribution in [1.29, 1.82) is 0 Å². The maximum absolute atomic E-state index is 13.0. The Kier molecular flexibility index (Phi) is 5.04. The number of anilines is 1. The Labute approximate surface area is 185 Å². The summed E-state index contributed by atoms with van der Waals surface area (Å²) in [6.07, 6.45) is 2.98. The quantitative estimate of drug-likeness (QED) is 0.395. The summed E-state index contributed by atoms with van der Waals surface area (Å²) >= 11 is 0. The molecule has 4 atom stereocenters. The molecule has 3 fully saturated rings. The van der Waals surface area contributed by atoms with Crippen LogP contribution in [0.3, 0.4) is 0 Å². The van der Waals surface area contributed by atoms with E-state index in [2.05, 4.69) is 0 Å². The van der Waals surface area contributed by atoms with Crippen molar-refractivity contribution in [2.24, 2.45) is 23.7 Å². The molecule has 32 heavy (non-hydrogen) atoms. The molecule has 0 unspecified atom stereocenters. The summed E-state index contributed by atoms with van der Waals surface area (Å²) in [6, 6.07) is 12.9. The van der Waals surface area contributed by atoms with E-state index in [1.165, 1.54) is 24.1 Å². The van der Waals surface area contributed by atoms with Crippen LogP contribution >= 0.6 is 0 Å². The van der Waals surface area contributed by atoms with E-state index < -0.39 is 12.6 Å². The summed E-state index contributed by atoms with van der Waals surface area (Å²) in [5.41, 5.74) is 0.935. The lowest BCUT2D eigenvalue weighted by Gasteiger charge is -2.19. The lowest BCUT2D eigenvalue weighted by molar-refractivity contribution is -0.123. The Hall–Kier alpha value is -3.48. The van der Waals surface area contributed by atoms with Crippen LogP contribution in [0.2, 0.25) is 0 Å². The molecule has 0 N–H and O–H groups in total.